The SMILES string of the molecule is Cc1nn(-c2ccccc2)c(N)c1N.O=S(=O)(O)O. The number of aromatic nitrogens is 2. The van der Waals surface area contributed by atoms with Crippen LogP contribution in [0.15, 0.2) is 30.3 Å². The van der Waals surface area contributed by atoms with E-state index in [1.807, 2.05) is 37.3 Å². The Morgan fingerprint density at radius 2 is 1.63 bits per heavy atom. The van der Waals surface area contributed by atoms with E-state index in [1.165, 1.54) is 0 Å². The first-order valence-electron chi connectivity index (χ1n) is 5.06. The molecule has 19 heavy (non-hydrogen) atoms. The fourth-order valence-corrected chi connectivity index (χ4v) is 1.32. The summed E-state index contributed by atoms with van der Waals surface area (Å²) in [5.41, 5.74) is 13.8. The fraction of sp³-hybridized carbons (Fsp3) is 0.100. The van der Waals surface area contributed by atoms with Crippen LogP contribution in [0.4, 0.5) is 11.5 Å². The van der Waals surface area contributed by atoms with Crippen LogP contribution in [0.1, 0.15) is 5.69 Å². The van der Waals surface area contributed by atoms with Crippen molar-refractivity contribution in [1.29, 1.82) is 0 Å². The molecule has 0 saturated heterocycles. The second-order valence-corrected chi connectivity index (χ2v) is 4.48. The molecule has 6 N–H and O–H groups in total. The summed E-state index contributed by atoms with van der Waals surface area (Å²) < 4.78 is 33.2. The summed E-state index contributed by atoms with van der Waals surface area (Å²) in [7, 11) is -4.67. The highest BCUT2D eigenvalue weighted by Gasteiger charge is 2.09. The number of nitrogens with zero attached hydrogens (tertiary/aromatic N) is 2. The van der Waals surface area contributed by atoms with E-state index >= 15 is 0 Å². The lowest BCUT2D eigenvalue weighted by Gasteiger charge is -2.02. The minimum atomic E-state index is -4.67. The standard InChI is InChI=1S/C10H12N4.H2O4S/c1-7-9(11)10(12)14(13-7)8-5-3-2-4-6-8;1-5(2,3)4/h2-6H,11-12H2,1H3;(H2,1,2,3,4). The molecule has 2 aromatic rings. The van der Waals surface area contributed by atoms with E-state index in [2.05, 4.69) is 5.10 Å². The van der Waals surface area contributed by atoms with Crippen LogP contribution in [0.25, 0.3) is 5.69 Å². The van der Waals surface area contributed by atoms with E-state index in [0.717, 1.165) is 11.4 Å². The number of hydrogen-bond donors (Lipinski definition) is 4. The molecule has 1 heterocycles. The highest BCUT2D eigenvalue weighted by atomic mass is 32.3. The summed E-state index contributed by atoms with van der Waals surface area (Å²) in [5, 5.41) is 4.25. The van der Waals surface area contributed by atoms with Gasteiger partial charge in [0.1, 0.15) is 0 Å². The predicted molar refractivity (Wildman–Crippen MR) is 71.3 cm³/mol. The Morgan fingerprint density at radius 1 is 1.16 bits per heavy atom. The van der Waals surface area contributed by atoms with Gasteiger partial charge in [-0.25, -0.2) is 4.68 Å². The fourth-order valence-electron chi connectivity index (χ4n) is 1.32. The van der Waals surface area contributed by atoms with Crippen LogP contribution < -0.4 is 11.5 Å². The Balaban J connectivity index is 0.000000312. The molecule has 9 heteroatoms. The Labute approximate surface area is 110 Å². The van der Waals surface area contributed by atoms with Gasteiger partial charge < -0.3 is 11.5 Å². The van der Waals surface area contributed by atoms with E-state index in [-0.39, 0.29) is 0 Å². The van der Waals surface area contributed by atoms with Gasteiger partial charge in [0.2, 0.25) is 0 Å². The molecule has 0 spiro atoms. The molecule has 0 aliphatic carbocycles. The molecular formula is C10H14N4O4S. The van der Waals surface area contributed by atoms with Crippen LogP contribution in [-0.2, 0) is 10.4 Å². The lowest BCUT2D eigenvalue weighted by atomic mass is 10.3. The number of benzene rings is 1. The van der Waals surface area contributed by atoms with Gasteiger partial charge in [-0.15, -0.1) is 0 Å². The van der Waals surface area contributed by atoms with Crippen LogP contribution in [-0.4, -0.2) is 27.3 Å². The molecule has 0 saturated carbocycles. The lowest BCUT2D eigenvalue weighted by molar-refractivity contribution is 0.381. The van der Waals surface area contributed by atoms with Gasteiger partial charge in [-0.2, -0.15) is 13.5 Å². The Kier molecular flexibility index (Phi) is 4.48. The van der Waals surface area contributed by atoms with E-state index in [9.17, 15) is 0 Å². The molecule has 2 rings (SSSR count). The molecule has 1 aromatic carbocycles. The minimum absolute atomic E-state index is 0.494. The second-order valence-electron chi connectivity index (χ2n) is 3.58. The third-order valence-corrected chi connectivity index (χ3v) is 2.14. The maximum Gasteiger partial charge on any atom is 0.394 e. The van der Waals surface area contributed by atoms with E-state index in [0.29, 0.717) is 11.5 Å². The van der Waals surface area contributed by atoms with Gasteiger partial charge in [0.15, 0.2) is 5.82 Å². The summed E-state index contributed by atoms with van der Waals surface area (Å²) in [6.45, 7) is 1.84. The first-order chi connectivity index (χ1) is 8.70. The smallest absolute Gasteiger partial charge is 0.394 e. The van der Waals surface area contributed by atoms with Crippen molar-refractivity contribution in [3.05, 3.63) is 36.0 Å². The average molecular weight is 286 g/mol. The van der Waals surface area contributed by atoms with Gasteiger partial charge in [-0.3, -0.25) is 9.11 Å². The van der Waals surface area contributed by atoms with Gasteiger partial charge in [0.05, 0.1) is 17.1 Å². The molecule has 0 atom stereocenters. The van der Waals surface area contributed by atoms with Crippen molar-refractivity contribution in [1.82, 2.24) is 9.78 Å². The topological polar surface area (TPSA) is 144 Å². The summed E-state index contributed by atoms with van der Waals surface area (Å²) in [6.07, 6.45) is 0. The van der Waals surface area contributed by atoms with Crippen molar-refractivity contribution in [2.45, 2.75) is 6.92 Å². The third-order valence-electron chi connectivity index (χ3n) is 2.14. The van der Waals surface area contributed by atoms with Crippen molar-refractivity contribution >= 4 is 21.9 Å². The molecule has 0 unspecified atom stereocenters. The summed E-state index contributed by atoms with van der Waals surface area (Å²) in [5.74, 6) is 0.494. The van der Waals surface area contributed by atoms with Gasteiger partial charge in [-0.1, -0.05) is 18.2 Å². The van der Waals surface area contributed by atoms with Crippen molar-refractivity contribution in [2.24, 2.45) is 0 Å². The van der Waals surface area contributed by atoms with Crippen LogP contribution in [0.3, 0.4) is 0 Å². The van der Waals surface area contributed by atoms with E-state index < -0.39 is 10.4 Å². The number of aryl methyl sites for hydroxylation is 1. The van der Waals surface area contributed by atoms with Crippen LogP contribution in [0, 0.1) is 6.92 Å². The molecule has 1 aromatic heterocycles. The average Bonchev–Trinajstić information content (AvgIpc) is 2.56. The lowest BCUT2D eigenvalue weighted by Crippen LogP contribution is -2.02. The molecule has 0 aliphatic heterocycles. The largest absolute Gasteiger partial charge is 0.394 e. The Morgan fingerprint density at radius 3 is 2.00 bits per heavy atom. The van der Waals surface area contributed by atoms with Crippen LogP contribution in [0.5, 0.6) is 0 Å². The highest BCUT2D eigenvalue weighted by molar-refractivity contribution is 7.79. The summed E-state index contributed by atoms with van der Waals surface area (Å²) in [6, 6.07) is 9.67. The molecule has 0 amide bonds. The Hall–Kier alpha value is -2.10. The second kappa shape index (κ2) is 5.69. The number of para-hydroxylation sites is 1. The van der Waals surface area contributed by atoms with Crippen molar-refractivity contribution in [2.75, 3.05) is 11.5 Å². The Bertz CT molecular complexity index is 644. The predicted octanol–water partition coefficient (Wildman–Crippen LogP) is 0.692. The zero-order chi connectivity index (χ0) is 14.6. The maximum atomic E-state index is 8.74. The van der Waals surface area contributed by atoms with Crippen molar-refractivity contribution in [3.63, 3.8) is 0 Å². The van der Waals surface area contributed by atoms with Crippen LogP contribution >= 0.6 is 0 Å². The molecular weight excluding hydrogens is 272 g/mol. The van der Waals surface area contributed by atoms with Gasteiger partial charge in [0.25, 0.3) is 0 Å². The monoisotopic (exact) mass is 286 g/mol. The summed E-state index contributed by atoms with van der Waals surface area (Å²) >= 11 is 0. The molecule has 0 fully saturated rings. The molecule has 0 aliphatic rings. The number of rotatable bonds is 1. The number of anilines is 2. The van der Waals surface area contributed by atoms with E-state index in [1.54, 1.807) is 4.68 Å². The van der Waals surface area contributed by atoms with Crippen molar-refractivity contribution in [3.8, 4) is 5.69 Å². The molecule has 0 radical (unpaired) electrons. The maximum absolute atomic E-state index is 8.74. The highest BCUT2D eigenvalue weighted by Crippen LogP contribution is 2.21. The zero-order valence-electron chi connectivity index (χ0n) is 10.1. The molecule has 104 valence electrons. The first-order valence-corrected chi connectivity index (χ1v) is 6.45. The van der Waals surface area contributed by atoms with Crippen molar-refractivity contribution < 1.29 is 17.5 Å². The van der Waals surface area contributed by atoms with Gasteiger partial charge in [0, 0.05) is 0 Å². The molecule has 0 bridgehead atoms. The number of nitrogens with two attached hydrogens (primary N) is 2. The van der Waals surface area contributed by atoms with Crippen LogP contribution in [0.2, 0.25) is 0 Å². The van der Waals surface area contributed by atoms with E-state index in [4.69, 9.17) is 29.0 Å². The van der Waals surface area contributed by atoms with Gasteiger partial charge in [-0.05, 0) is 19.1 Å². The number of hydrogen-bond acceptors (Lipinski definition) is 5. The quantitative estimate of drug-likeness (QED) is 0.564. The van der Waals surface area contributed by atoms with Gasteiger partial charge >= 0.3 is 10.4 Å². The molecule has 8 nitrogen and oxygen atoms in total. The minimum Gasteiger partial charge on any atom is -0.394 e. The normalized spacial score (nSPS) is 10.7. The first kappa shape index (κ1) is 15.0. The zero-order valence-corrected chi connectivity index (χ0v) is 10.9. The third kappa shape index (κ3) is 4.58. The summed E-state index contributed by atoms with van der Waals surface area (Å²) in [4.78, 5) is 0. The number of nitrogen functional groups attached to an aromatic ring is 2.